The Labute approximate surface area is 137 Å². The topological polar surface area (TPSA) is 95.1 Å². The van der Waals surface area contributed by atoms with Crippen LogP contribution in [0, 0.1) is 10.1 Å². The molecule has 23 heavy (non-hydrogen) atoms. The van der Waals surface area contributed by atoms with Crippen LogP contribution in [-0.4, -0.2) is 27.0 Å². The smallest absolute Gasteiger partial charge is 0.258 e. The summed E-state index contributed by atoms with van der Waals surface area (Å²) in [6.45, 7) is 1.43. The van der Waals surface area contributed by atoms with Crippen LogP contribution in [0.5, 0.6) is 0 Å². The molecule has 0 saturated heterocycles. The molecule has 0 spiro atoms. The maximum absolute atomic E-state index is 13.0. The van der Waals surface area contributed by atoms with Crippen LogP contribution in [-0.2, 0) is 10.0 Å². The summed E-state index contributed by atoms with van der Waals surface area (Å²) in [4.78, 5) is 14.5. The quantitative estimate of drug-likeness (QED) is 0.624. The van der Waals surface area contributed by atoms with Crippen molar-refractivity contribution in [1.82, 2.24) is 8.96 Å². The fraction of sp³-hybridized carbons (Fsp3) is 0.214. The van der Waals surface area contributed by atoms with Crippen LogP contribution in [0.4, 0.5) is 0 Å². The highest BCUT2D eigenvalue weighted by atomic mass is 35.5. The monoisotopic (exact) mass is 353 g/mol. The molecule has 2 heterocycles. The van der Waals surface area contributed by atoms with Crippen molar-refractivity contribution in [2.24, 2.45) is 0 Å². The van der Waals surface area contributed by atoms with E-state index in [-0.39, 0.29) is 17.1 Å². The number of allylic oxidation sites excluding steroid dienone is 2. The van der Waals surface area contributed by atoms with Crippen molar-refractivity contribution in [3.8, 4) is 0 Å². The predicted molar refractivity (Wildman–Crippen MR) is 86.1 cm³/mol. The third-order valence-electron chi connectivity index (χ3n) is 3.83. The Morgan fingerprint density at radius 3 is 2.87 bits per heavy atom. The highest BCUT2D eigenvalue weighted by molar-refractivity contribution is 7.91. The van der Waals surface area contributed by atoms with Gasteiger partial charge in [-0.25, -0.2) is 17.4 Å². The lowest BCUT2D eigenvalue weighted by Gasteiger charge is -2.27. The van der Waals surface area contributed by atoms with Gasteiger partial charge in [-0.05, 0) is 31.5 Å². The van der Waals surface area contributed by atoms with Gasteiger partial charge in [0.2, 0.25) is 10.0 Å². The van der Waals surface area contributed by atoms with E-state index in [4.69, 9.17) is 11.6 Å². The molecule has 0 radical (unpaired) electrons. The van der Waals surface area contributed by atoms with Gasteiger partial charge in [0.1, 0.15) is 9.78 Å². The second-order valence-corrected chi connectivity index (χ2v) is 8.07. The maximum Gasteiger partial charge on any atom is 0.285 e. The zero-order valence-electron chi connectivity index (χ0n) is 12.0. The molecule has 1 aliphatic rings. The average Bonchev–Trinajstić information content (AvgIpc) is 2.94. The van der Waals surface area contributed by atoms with E-state index >= 15 is 0 Å². The SMILES string of the molecule is CC1(S(=O)(=O)n2ccc3cccnc32)C=C([N+](=O)[O-])C(Cl)=CC1. The molecule has 0 N–H and O–H groups in total. The molecule has 2 aromatic rings. The lowest BCUT2D eigenvalue weighted by Crippen LogP contribution is -2.39. The number of pyridine rings is 1. The fourth-order valence-corrected chi connectivity index (χ4v) is 4.30. The minimum absolute atomic E-state index is 0.0397. The van der Waals surface area contributed by atoms with Crippen molar-refractivity contribution < 1.29 is 13.3 Å². The number of nitro groups is 1. The van der Waals surface area contributed by atoms with Gasteiger partial charge in [0.15, 0.2) is 5.65 Å². The van der Waals surface area contributed by atoms with Crippen LogP contribution in [0.15, 0.2) is 53.5 Å². The Balaban J connectivity index is 2.18. The Morgan fingerprint density at radius 1 is 1.43 bits per heavy atom. The number of nitrogens with zero attached hydrogens (tertiary/aromatic N) is 3. The molecule has 0 aromatic carbocycles. The zero-order chi connectivity index (χ0) is 16.8. The first kappa shape index (κ1) is 15.7. The normalized spacial score (nSPS) is 21.8. The van der Waals surface area contributed by atoms with Crippen LogP contribution >= 0.6 is 11.6 Å². The Bertz CT molecular complexity index is 977. The first-order chi connectivity index (χ1) is 10.8. The molecule has 0 bridgehead atoms. The number of hydrogen-bond acceptors (Lipinski definition) is 5. The van der Waals surface area contributed by atoms with Crippen molar-refractivity contribution >= 4 is 32.7 Å². The number of hydrogen-bond donors (Lipinski definition) is 0. The third kappa shape index (κ3) is 2.34. The zero-order valence-corrected chi connectivity index (χ0v) is 13.6. The van der Waals surface area contributed by atoms with Gasteiger partial charge in [-0.3, -0.25) is 10.1 Å². The highest BCUT2D eigenvalue weighted by Gasteiger charge is 2.43. The van der Waals surface area contributed by atoms with E-state index in [1.54, 1.807) is 18.2 Å². The van der Waals surface area contributed by atoms with Gasteiger partial charge in [0.25, 0.3) is 5.70 Å². The van der Waals surface area contributed by atoms with Crippen LogP contribution < -0.4 is 0 Å². The minimum Gasteiger partial charge on any atom is -0.258 e. The molecular weight excluding hydrogens is 342 g/mol. The molecule has 0 amide bonds. The summed E-state index contributed by atoms with van der Waals surface area (Å²) < 4.78 is 25.7. The van der Waals surface area contributed by atoms with Crippen molar-refractivity contribution in [3.05, 3.63) is 63.6 Å². The molecular formula is C14H12ClN3O4S. The third-order valence-corrected chi connectivity index (χ3v) is 6.46. The molecule has 0 aliphatic heterocycles. The number of aromatic nitrogens is 2. The van der Waals surface area contributed by atoms with Gasteiger partial charge in [0.05, 0.1) is 4.92 Å². The summed E-state index contributed by atoms with van der Waals surface area (Å²) in [5.41, 5.74) is -0.126. The largest absolute Gasteiger partial charge is 0.285 e. The van der Waals surface area contributed by atoms with E-state index in [0.717, 1.165) is 10.0 Å². The number of rotatable bonds is 3. The summed E-state index contributed by atoms with van der Waals surface area (Å²) in [5.74, 6) is 0. The van der Waals surface area contributed by atoms with E-state index < -0.39 is 25.4 Å². The Kier molecular flexibility index (Phi) is 3.53. The van der Waals surface area contributed by atoms with Crippen LogP contribution in [0.1, 0.15) is 13.3 Å². The summed E-state index contributed by atoms with van der Waals surface area (Å²) in [6.07, 6.45) is 5.39. The second-order valence-electron chi connectivity index (χ2n) is 5.39. The summed E-state index contributed by atoms with van der Waals surface area (Å²) in [7, 11) is -3.96. The van der Waals surface area contributed by atoms with E-state index in [1.807, 2.05) is 0 Å². The van der Waals surface area contributed by atoms with Crippen molar-refractivity contribution in [3.63, 3.8) is 0 Å². The Hall–Kier alpha value is -2.19. The van der Waals surface area contributed by atoms with Gasteiger partial charge in [-0.2, -0.15) is 0 Å². The number of fused-ring (bicyclic) bond motifs is 1. The highest BCUT2D eigenvalue weighted by Crippen LogP contribution is 2.36. The molecule has 7 nitrogen and oxygen atoms in total. The molecule has 120 valence electrons. The van der Waals surface area contributed by atoms with E-state index in [2.05, 4.69) is 4.98 Å². The molecule has 0 saturated carbocycles. The molecule has 1 unspecified atom stereocenters. The van der Waals surface area contributed by atoms with Gasteiger partial charge in [0, 0.05) is 23.9 Å². The molecule has 3 rings (SSSR count). The van der Waals surface area contributed by atoms with Crippen molar-refractivity contribution in [2.45, 2.75) is 18.1 Å². The molecule has 1 aliphatic carbocycles. The maximum atomic E-state index is 13.0. The van der Waals surface area contributed by atoms with Crippen molar-refractivity contribution in [1.29, 1.82) is 0 Å². The van der Waals surface area contributed by atoms with Gasteiger partial charge < -0.3 is 0 Å². The van der Waals surface area contributed by atoms with E-state index in [9.17, 15) is 18.5 Å². The van der Waals surface area contributed by atoms with Crippen molar-refractivity contribution in [2.75, 3.05) is 0 Å². The fourth-order valence-electron chi connectivity index (χ4n) is 2.49. The van der Waals surface area contributed by atoms with Crippen LogP contribution in [0.3, 0.4) is 0 Å². The lowest BCUT2D eigenvalue weighted by molar-refractivity contribution is -0.420. The molecule has 1 atom stereocenters. The predicted octanol–water partition coefficient (Wildman–Crippen LogP) is 2.66. The van der Waals surface area contributed by atoms with E-state index in [1.165, 1.54) is 25.4 Å². The molecule has 0 fully saturated rings. The average molecular weight is 354 g/mol. The first-order valence-electron chi connectivity index (χ1n) is 6.67. The van der Waals surface area contributed by atoms with Crippen LogP contribution in [0.25, 0.3) is 11.0 Å². The summed E-state index contributed by atoms with van der Waals surface area (Å²) in [5, 5.41) is 11.7. The molecule has 9 heteroatoms. The van der Waals surface area contributed by atoms with Gasteiger partial charge >= 0.3 is 0 Å². The molecule has 2 aromatic heterocycles. The Morgan fingerprint density at radius 2 is 2.17 bits per heavy atom. The lowest BCUT2D eigenvalue weighted by atomic mass is 10.0. The second kappa shape index (κ2) is 5.17. The standard InChI is InChI=1S/C14H12ClN3O4S/c1-14(6-4-11(15)12(9-14)18(19)20)23(21,22)17-8-5-10-3-2-7-16-13(10)17/h2-5,7-9H,6H2,1H3. The summed E-state index contributed by atoms with van der Waals surface area (Å²) in [6, 6.07) is 5.08. The minimum atomic E-state index is -3.96. The summed E-state index contributed by atoms with van der Waals surface area (Å²) >= 11 is 5.81. The van der Waals surface area contributed by atoms with Crippen LogP contribution in [0.2, 0.25) is 0 Å². The number of halogens is 1. The first-order valence-corrected chi connectivity index (χ1v) is 8.48. The van der Waals surface area contributed by atoms with E-state index in [0.29, 0.717) is 5.39 Å². The van der Waals surface area contributed by atoms with Gasteiger partial charge in [-0.15, -0.1) is 0 Å². The van der Waals surface area contributed by atoms with Gasteiger partial charge in [-0.1, -0.05) is 17.7 Å².